The van der Waals surface area contributed by atoms with Crippen LogP contribution in [0.25, 0.3) is 22.3 Å². The zero-order chi connectivity index (χ0) is 22.7. The van der Waals surface area contributed by atoms with Gasteiger partial charge in [-0.05, 0) is 43.7 Å². The first kappa shape index (κ1) is 21.1. The number of hydrogen-bond donors (Lipinski definition) is 1. The van der Waals surface area contributed by atoms with E-state index in [1.165, 1.54) is 6.07 Å². The number of fused-ring (bicyclic) bond motifs is 1. The number of amides is 1. The number of esters is 1. The number of rotatable bonds is 5. The number of aryl methyl sites for hydroxylation is 1. The molecule has 0 aliphatic carbocycles. The molecule has 4 aromatic rings. The minimum Gasteiger partial charge on any atom is -0.455 e. The molecule has 0 bridgehead atoms. The van der Waals surface area contributed by atoms with E-state index in [1.54, 1.807) is 25.1 Å². The molecule has 0 unspecified atom stereocenters. The van der Waals surface area contributed by atoms with Gasteiger partial charge in [-0.1, -0.05) is 48.5 Å². The molecule has 0 aliphatic rings. The SMILES string of the molecule is Cc1cccc(NC(=O)COC(=O)c2cccc3c(=O)c(C)c(-c4ccccc4)oc23)c1. The summed E-state index contributed by atoms with van der Waals surface area (Å²) in [5.41, 5.74) is 2.78. The Labute approximate surface area is 184 Å². The topological polar surface area (TPSA) is 85.6 Å². The second kappa shape index (κ2) is 8.89. The molecule has 3 aromatic carbocycles. The van der Waals surface area contributed by atoms with Gasteiger partial charge in [-0.15, -0.1) is 0 Å². The summed E-state index contributed by atoms with van der Waals surface area (Å²) in [6.07, 6.45) is 0. The van der Waals surface area contributed by atoms with E-state index in [2.05, 4.69) is 5.32 Å². The van der Waals surface area contributed by atoms with Crippen molar-refractivity contribution in [1.29, 1.82) is 0 Å². The fraction of sp³-hybridized carbons (Fsp3) is 0.115. The smallest absolute Gasteiger partial charge is 0.342 e. The molecule has 0 saturated carbocycles. The molecule has 0 aliphatic heterocycles. The fourth-order valence-corrected chi connectivity index (χ4v) is 3.46. The molecule has 6 nitrogen and oxygen atoms in total. The van der Waals surface area contributed by atoms with E-state index in [4.69, 9.17) is 9.15 Å². The summed E-state index contributed by atoms with van der Waals surface area (Å²) in [5, 5.41) is 2.96. The van der Waals surface area contributed by atoms with Crippen molar-refractivity contribution < 1.29 is 18.7 Å². The molecule has 160 valence electrons. The van der Waals surface area contributed by atoms with Gasteiger partial charge in [0.25, 0.3) is 5.91 Å². The Morgan fingerprint density at radius 2 is 1.69 bits per heavy atom. The van der Waals surface area contributed by atoms with Crippen LogP contribution in [0.15, 0.2) is 82.0 Å². The highest BCUT2D eigenvalue weighted by Gasteiger charge is 2.20. The normalized spacial score (nSPS) is 10.7. The molecule has 0 saturated heterocycles. The second-order valence-corrected chi connectivity index (χ2v) is 7.43. The Bertz CT molecular complexity index is 1370. The van der Waals surface area contributed by atoms with Crippen LogP contribution < -0.4 is 10.7 Å². The maximum absolute atomic E-state index is 12.9. The number of nitrogens with one attached hydrogen (secondary N) is 1. The molecule has 0 radical (unpaired) electrons. The fourth-order valence-electron chi connectivity index (χ4n) is 3.46. The molecule has 1 N–H and O–H groups in total. The Morgan fingerprint density at radius 3 is 2.44 bits per heavy atom. The van der Waals surface area contributed by atoms with Crippen LogP contribution in [0.2, 0.25) is 0 Å². The molecule has 1 amide bonds. The molecule has 4 rings (SSSR count). The van der Waals surface area contributed by atoms with Crippen LogP contribution in [0.4, 0.5) is 5.69 Å². The van der Waals surface area contributed by atoms with Gasteiger partial charge in [0, 0.05) is 16.8 Å². The quantitative estimate of drug-likeness (QED) is 0.459. The van der Waals surface area contributed by atoms with Crippen LogP contribution >= 0.6 is 0 Å². The predicted molar refractivity (Wildman–Crippen MR) is 123 cm³/mol. The van der Waals surface area contributed by atoms with Gasteiger partial charge >= 0.3 is 5.97 Å². The summed E-state index contributed by atoms with van der Waals surface area (Å²) in [6.45, 7) is 3.13. The maximum Gasteiger partial charge on any atom is 0.342 e. The number of para-hydroxylation sites is 1. The van der Waals surface area contributed by atoms with Gasteiger partial charge in [0.1, 0.15) is 11.3 Å². The van der Waals surface area contributed by atoms with E-state index in [0.717, 1.165) is 11.1 Å². The van der Waals surface area contributed by atoms with E-state index in [9.17, 15) is 14.4 Å². The lowest BCUT2D eigenvalue weighted by Crippen LogP contribution is -2.21. The molecule has 0 atom stereocenters. The van der Waals surface area contributed by atoms with Gasteiger partial charge in [-0.25, -0.2) is 4.79 Å². The van der Waals surface area contributed by atoms with E-state index in [1.807, 2.05) is 55.5 Å². The van der Waals surface area contributed by atoms with Crippen molar-refractivity contribution in [3.05, 3.63) is 99.7 Å². The summed E-state index contributed by atoms with van der Waals surface area (Å²) < 4.78 is 11.2. The first-order chi connectivity index (χ1) is 15.4. The highest BCUT2D eigenvalue weighted by molar-refractivity contribution is 6.03. The van der Waals surface area contributed by atoms with Crippen LogP contribution in [-0.4, -0.2) is 18.5 Å². The van der Waals surface area contributed by atoms with Gasteiger partial charge in [0.2, 0.25) is 0 Å². The number of ether oxygens (including phenoxy) is 1. The lowest BCUT2D eigenvalue weighted by atomic mass is 10.0. The van der Waals surface area contributed by atoms with Crippen molar-refractivity contribution in [3.63, 3.8) is 0 Å². The standard InChI is InChI=1S/C26H21NO5/c1-16-8-6-11-19(14-16)27-22(28)15-31-26(30)21-13-7-12-20-23(29)17(2)24(32-25(20)21)18-9-4-3-5-10-18/h3-14H,15H2,1-2H3,(H,27,28). The molecular weight excluding hydrogens is 406 g/mol. The third-order valence-electron chi connectivity index (χ3n) is 5.04. The van der Waals surface area contributed by atoms with E-state index >= 15 is 0 Å². The minimum atomic E-state index is -0.749. The van der Waals surface area contributed by atoms with Crippen molar-refractivity contribution >= 4 is 28.5 Å². The Hall–Kier alpha value is -4.19. The predicted octanol–water partition coefficient (Wildman–Crippen LogP) is 4.87. The van der Waals surface area contributed by atoms with E-state index < -0.39 is 18.5 Å². The van der Waals surface area contributed by atoms with Crippen molar-refractivity contribution in [2.24, 2.45) is 0 Å². The number of carbonyl (C=O) groups is 2. The number of benzene rings is 3. The van der Waals surface area contributed by atoms with Crippen LogP contribution in [-0.2, 0) is 9.53 Å². The van der Waals surface area contributed by atoms with Crippen LogP contribution in [0, 0.1) is 13.8 Å². The van der Waals surface area contributed by atoms with E-state index in [-0.39, 0.29) is 22.0 Å². The largest absolute Gasteiger partial charge is 0.455 e. The second-order valence-electron chi connectivity index (χ2n) is 7.43. The van der Waals surface area contributed by atoms with Gasteiger partial charge in [0.15, 0.2) is 17.6 Å². The first-order valence-electron chi connectivity index (χ1n) is 10.1. The summed E-state index contributed by atoms with van der Waals surface area (Å²) in [4.78, 5) is 37.9. The van der Waals surface area contributed by atoms with Gasteiger partial charge < -0.3 is 14.5 Å². The maximum atomic E-state index is 12.9. The lowest BCUT2D eigenvalue weighted by Gasteiger charge is -2.11. The minimum absolute atomic E-state index is 0.0835. The van der Waals surface area contributed by atoms with Crippen LogP contribution in [0.3, 0.4) is 0 Å². The first-order valence-corrected chi connectivity index (χ1v) is 10.1. The molecule has 6 heteroatoms. The highest BCUT2D eigenvalue weighted by Crippen LogP contribution is 2.27. The molecule has 0 spiro atoms. The summed E-state index contributed by atoms with van der Waals surface area (Å²) in [6, 6.07) is 21.2. The number of carbonyl (C=O) groups excluding carboxylic acids is 2. The Balaban J connectivity index is 1.61. The summed E-state index contributed by atoms with van der Waals surface area (Å²) >= 11 is 0. The zero-order valence-electron chi connectivity index (χ0n) is 17.7. The van der Waals surface area contributed by atoms with Crippen LogP contribution in [0.1, 0.15) is 21.5 Å². The third-order valence-corrected chi connectivity index (χ3v) is 5.04. The lowest BCUT2D eigenvalue weighted by molar-refractivity contribution is -0.119. The molecule has 32 heavy (non-hydrogen) atoms. The summed E-state index contributed by atoms with van der Waals surface area (Å²) in [7, 11) is 0. The van der Waals surface area contributed by atoms with Crippen molar-refractivity contribution in [2.45, 2.75) is 13.8 Å². The molecular formula is C26H21NO5. The monoisotopic (exact) mass is 427 g/mol. The van der Waals surface area contributed by atoms with Crippen molar-refractivity contribution in [3.8, 4) is 11.3 Å². The van der Waals surface area contributed by atoms with E-state index in [0.29, 0.717) is 17.0 Å². The van der Waals surface area contributed by atoms with Crippen molar-refractivity contribution in [1.82, 2.24) is 0 Å². The van der Waals surface area contributed by atoms with Gasteiger partial charge in [-0.2, -0.15) is 0 Å². The number of anilines is 1. The molecule has 1 heterocycles. The van der Waals surface area contributed by atoms with Gasteiger partial charge in [0.05, 0.1) is 5.39 Å². The van der Waals surface area contributed by atoms with Crippen molar-refractivity contribution in [2.75, 3.05) is 11.9 Å². The summed E-state index contributed by atoms with van der Waals surface area (Å²) in [5.74, 6) is -0.826. The Morgan fingerprint density at radius 1 is 0.938 bits per heavy atom. The Kier molecular flexibility index (Phi) is 5.85. The average Bonchev–Trinajstić information content (AvgIpc) is 2.80. The third kappa shape index (κ3) is 4.30. The van der Waals surface area contributed by atoms with Gasteiger partial charge in [-0.3, -0.25) is 9.59 Å². The van der Waals surface area contributed by atoms with Crippen LogP contribution in [0.5, 0.6) is 0 Å². The zero-order valence-corrected chi connectivity index (χ0v) is 17.7. The highest BCUT2D eigenvalue weighted by atomic mass is 16.5. The molecule has 1 aromatic heterocycles. The number of hydrogen-bond acceptors (Lipinski definition) is 5. The average molecular weight is 427 g/mol. The molecule has 0 fully saturated rings.